The average molecular weight is 124 g/mol. The summed E-state index contributed by atoms with van der Waals surface area (Å²) < 4.78 is 0. The average Bonchev–Trinajstić information content (AvgIpc) is 1.91. The highest BCUT2D eigenvalue weighted by atomic mass is 14.9. The maximum Gasteiger partial charge on any atom is 0.218 e. The first-order chi connectivity index (χ1) is 4.43. The van der Waals surface area contributed by atoms with Gasteiger partial charge in [-0.3, -0.25) is 0 Å². The summed E-state index contributed by atoms with van der Waals surface area (Å²) in [5.41, 5.74) is 0. The minimum Gasteiger partial charge on any atom is -0.317 e. The molecule has 1 atom stereocenters. The van der Waals surface area contributed by atoms with Gasteiger partial charge in [0.25, 0.3) is 0 Å². The highest BCUT2D eigenvalue weighted by Crippen LogP contribution is 2.09. The molecule has 0 bridgehead atoms. The fourth-order valence-corrected chi connectivity index (χ4v) is 1.21. The molecule has 1 saturated heterocycles. The lowest BCUT2D eigenvalue weighted by Crippen LogP contribution is -2.30. The van der Waals surface area contributed by atoms with E-state index in [-0.39, 0.29) is 0 Å². The molecule has 9 heavy (non-hydrogen) atoms. The van der Waals surface area contributed by atoms with Gasteiger partial charge in [0, 0.05) is 12.5 Å². The Morgan fingerprint density at radius 2 is 2.56 bits per heavy atom. The molecular formula is C7H12N2. The summed E-state index contributed by atoms with van der Waals surface area (Å²) in [6, 6.07) is 0. The van der Waals surface area contributed by atoms with E-state index in [0.717, 1.165) is 13.1 Å². The van der Waals surface area contributed by atoms with Crippen LogP contribution in [-0.2, 0) is 0 Å². The summed E-state index contributed by atoms with van der Waals surface area (Å²) in [7, 11) is 0. The van der Waals surface area contributed by atoms with E-state index in [0.29, 0.717) is 12.5 Å². The van der Waals surface area contributed by atoms with Crippen LogP contribution in [0, 0.1) is 12.5 Å². The van der Waals surface area contributed by atoms with Gasteiger partial charge in [0.1, 0.15) is 0 Å². The quantitative estimate of drug-likeness (QED) is 0.514. The Labute approximate surface area is 56.1 Å². The molecule has 1 aliphatic rings. The SMILES string of the molecule is [C-]#[N+]C[C@@H]1CCCNC1. The summed E-state index contributed by atoms with van der Waals surface area (Å²) in [4.78, 5) is 3.37. The monoisotopic (exact) mass is 124 g/mol. The second-order valence-corrected chi connectivity index (χ2v) is 2.55. The molecule has 0 aliphatic carbocycles. The molecule has 1 rings (SSSR count). The van der Waals surface area contributed by atoms with Gasteiger partial charge >= 0.3 is 0 Å². The molecule has 1 heterocycles. The Bertz CT molecular complexity index is 109. The minimum atomic E-state index is 0.635. The van der Waals surface area contributed by atoms with E-state index in [1.54, 1.807) is 0 Å². The molecule has 0 amide bonds. The van der Waals surface area contributed by atoms with Crippen LogP contribution in [0.1, 0.15) is 12.8 Å². The molecule has 0 spiro atoms. The molecule has 1 fully saturated rings. The minimum absolute atomic E-state index is 0.635. The van der Waals surface area contributed by atoms with Crippen molar-refractivity contribution in [3.05, 3.63) is 11.4 Å². The predicted molar refractivity (Wildman–Crippen MR) is 37.1 cm³/mol. The van der Waals surface area contributed by atoms with E-state index < -0.39 is 0 Å². The number of hydrogen-bond donors (Lipinski definition) is 1. The van der Waals surface area contributed by atoms with Crippen molar-refractivity contribution in [2.24, 2.45) is 5.92 Å². The van der Waals surface area contributed by atoms with Gasteiger partial charge in [-0.15, -0.1) is 0 Å². The van der Waals surface area contributed by atoms with Crippen LogP contribution < -0.4 is 5.32 Å². The lowest BCUT2D eigenvalue weighted by Gasteiger charge is -2.17. The van der Waals surface area contributed by atoms with E-state index in [1.165, 1.54) is 12.8 Å². The zero-order valence-electron chi connectivity index (χ0n) is 5.56. The van der Waals surface area contributed by atoms with Crippen LogP contribution in [-0.4, -0.2) is 19.6 Å². The Hall–Kier alpha value is -0.550. The van der Waals surface area contributed by atoms with Gasteiger partial charge in [0.05, 0.1) is 0 Å². The van der Waals surface area contributed by atoms with Gasteiger partial charge in [-0.1, -0.05) is 0 Å². The second-order valence-electron chi connectivity index (χ2n) is 2.55. The first-order valence-corrected chi connectivity index (χ1v) is 3.47. The molecule has 0 aromatic heterocycles. The van der Waals surface area contributed by atoms with Gasteiger partial charge in [-0.25, -0.2) is 6.57 Å². The molecule has 2 nitrogen and oxygen atoms in total. The summed E-state index contributed by atoms with van der Waals surface area (Å²) in [6.07, 6.45) is 2.50. The molecular weight excluding hydrogens is 112 g/mol. The summed E-state index contributed by atoms with van der Waals surface area (Å²) >= 11 is 0. The van der Waals surface area contributed by atoms with Crippen LogP contribution in [0.15, 0.2) is 0 Å². The molecule has 50 valence electrons. The largest absolute Gasteiger partial charge is 0.317 e. The Morgan fingerprint density at radius 1 is 1.67 bits per heavy atom. The van der Waals surface area contributed by atoms with Crippen molar-refractivity contribution in [3.63, 3.8) is 0 Å². The van der Waals surface area contributed by atoms with Crippen LogP contribution >= 0.6 is 0 Å². The summed E-state index contributed by atoms with van der Waals surface area (Å²) in [5, 5.41) is 3.28. The molecule has 0 aromatic rings. The fraction of sp³-hybridized carbons (Fsp3) is 0.857. The number of piperidine rings is 1. The van der Waals surface area contributed by atoms with Crippen molar-refractivity contribution in [3.8, 4) is 0 Å². The van der Waals surface area contributed by atoms with Crippen molar-refractivity contribution >= 4 is 0 Å². The van der Waals surface area contributed by atoms with Crippen molar-refractivity contribution < 1.29 is 0 Å². The highest BCUT2D eigenvalue weighted by molar-refractivity contribution is 4.75. The van der Waals surface area contributed by atoms with Crippen LogP contribution in [0.3, 0.4) is 0 Å². The van der Waals surface area contributed by atoms with E-state index in [9.17, 15) is 0 Å². The van der Waals surface area contributed by atoms with Crippen molar-refractivity contribution in [1.82, 2.24) is 5.32 Å². The molecule has 2 heteroatoms. The number of hydrogen-bond acceptors (Lipinski definition) is 1. The summed E-state index contributed by atoms with van der Waals surface area (Å²) in [5.74, 6) is 0.635. The molecule has 0 aromatic carbocycles. The predicted octanol–water partition coefficient (Wildman–Crippen LogP) is 0.905. The topological polar surface area (TPSA) is 16.4 Å². The highest BCUT2D eigenvalue weighted by Gasteiger charge is 2.14. The van der Waals surface area contributed by atoms with E-state index >= 15 is 0 Å². The van der Waals surface area contributed by atoms with Crippen LogP contribution in [0.2, 0.25) is 0 Å². The van der Waals surface area contributed by atoms with E-state index in [1.807, 2.05) is 0 Å². The van der Waals surface area contributed by atoms with E-state index in [2.05, 4.69) is 10.2 Å². The number of nitrogens with one attached hydrogen (secondary N) is 1. The molecule has 0 radical (unpaired) electrons. The van der Waals surface area contributed by atoms with Gasteiger partial charge in [-0.2, -0.15) is 0 Å². The first-order valence-electron chi connectivity index (χ1n) is 3.47. The standard InChI is InChI=1S/C7H12N2/c1-8-5-7-3-2-4-9-6-7/h7,9H,2-6H2/t7-/m0/s1. The van der Waals surface area contributed by atoms with Crippen LogP contribution in [0.25, 0.3) is 4.85 Å². The van der Waals surface area contributed by atoms with E-state index in [4.69, 9.17) is 6.57 Å². The molecule has 1 N–H and O–H groups in total. The lowest BCUT2D eigenvalue weighted by atomic mass is 10.0. The number of rotatable bonds is 1. The molecule has 0 saturated carbocycles. The maximum atomic E-state index is 6.64. The Morgan fingerprint density at radius 3 is 3.11 bits per heavy atom. The van der Waals surface area contributed by atoms with Gasteiger partial charge < -0.3 is 10.2 Å². The van der Waals surface area contributed by atoms with Crippen LogP contribution in [0.5, 0.6) is 0 Å². The van der Waals surface area contributed by atoms with Gasteiger partial charge in [0.15, 0.2) is 0 Å². The lowest BCUT2D eigenvalue weighted by molar-refractivity contribution is 0.398. The third-order valence-corrected chi connectivity index (χ3v) is 1.75. The summed E-state index contributed by atoms with van der Waals surface area (Å²) in [6.45, 7) is 9.56. The zero-order valence-corrected chi connectivity index (χ0v) is 5.56. The third-order valence-electron chi connectivity index (χ3n) is 1.75. The van der Waals surface area contributed by atoms with Crippen LogP contribution in [0.4, 0.5) is 0 Å². The van der Waals surface area contributed by atoms with Crippen molar-refractivity contribution in [2.45, 2.75) is 12.8 Å². The first kappa shape index (κ1) is 6.57. The molecule has 0 unspecified atom stereocenters. The third kappa shape index (κ3) is 2.03. The molecule has 1 aliphatic heterocycles. The Balaban J connectivity index is 2.17. The second kappa shape index (κ2) is 3.47. The van der Waals surface area contributed by atoms with Gasteiger partial charge in [0.2, 0.25) is 6.54 Å². The zero-order chi connectivity index (χ0) is 6.53. The number of nitrogens with zero attached hydrogens (tertiary/aromatic N) is 1. The fourth-order valence-electron chi connectivity index (χ4n) is 1.21. The smallest absolute Gasteiger partial charge is 0.218 e. The Kier molecular flexibility index (Phi) is 2.53. The van der Waals surface area contributed by atoms with Crippen molar-refractivity contribution in [2.75, 3.05) is 19.6 Å². The maximum absolute atomic E-state index is 6.64. The van der Waals surface area contributed by atoms with Crippen molar-refractivity contribution in [1.29, 1.82) is 0 Å². The normalized spacial score (nSPS) is 27.2. The van der Waals surface area contributed by atoms with Gasteiger partial charge in [-0.05, 0) is 19.4 Å².